The van der Waals surface area contributed by atoms with Gasteiger partial charge in [0.05, 0.1) is 37.0 Å². The predicted octanol–water partition coefficient (Wildman–Crippen LogP) is 4.53. The number of methoxy groups -OCH3 is 1. The van der Waals surface area contributed by atoms with E-state index in [0.29, 0.717) is 24.7 Å². The second kappa shape index (κ2) is 10.1. The Balaban J connectivity index is 1.63. The maximum Gasteiger partial charge on any atom is 0.227 e. The molecule has 0 aliphatic heterocycles. The van der Waals surface area contributed by atoms with E-state index in [1.54, 1.807) is 13.3 Å². The molecule has 2 heterocycles. The molecule has 7 nitrogen and oxygen atoms in total. The molecule has 2 aromatic heterocycles. The third-order valence-electron chi connectivity index (χ3n) is 5.31. The summed E-state index contributed by atoms with van der Waals surface area (Å²) in [7, 11) is 1.62. The minimum atomic E-state index is -0.0000133. The Labute approximate surface area is 193 Å². The van der Waals surface area contributed by atoms with Gasteiger partial charge in [0.25, 0.3) is 0 Å². The summed E-state index contributed by atoms with van der Waals surface area (Å²) in [5.74, 6) is 1.98. The number of carbonyl (C=O) groups is 1. The van der Waals surface area contributed by atoms with E-state index in [4.69, 9.17) is 9.26 Å². The summed E-state index contributed by atoms with van der Waals surface area (Å²) in [6.45, 7) is 4.48. The standard InChI is InChI=1S/C26H26N4O3/c1-18-13-25(33-29-18)23-15-27-19(2)28-24(23)17-30(16-21-7-5-4-6-8-21)26(31)14-20-9-11-22(32-3)12-10-20/h4-13,15H,14,16-17H2,1-3H3. The van der Waals surface area contributed by atoms with Gasteiger partial charge in [0.15, 0.2) is 5.76 Å². The van der Waals surface area contributed by atoms with Gasteiger partial charge in [0.1, 0.15) is 11.6 Å². The second-order valence-electron chi connectivity index (χ2n) is 7.87. The molecule has 0 atom stereocenters. The van der Waals surface area contributed by atoms with E-state index in [-0.39, 0.29) is 12.3 Å². The summed E-state index contributed by atoms with van der Waals surface area (Å²) in [5, 5.41) is 3.99. The van der Waals surface area contributed by atoms with E-state index in [9.17, 15) is 4.79 Å². The summed E-state index contributed by atoms with van der Waals surface area (Å²) >= 11 is 0. The monoisotopic (exact) mass is 442 g/mol. The number of rotatable bonds is 8. The van der Waals surface area contributed by atoms with Gasteiger partial charge in [-0.1, -0.05) is 47.6 Å². The molecule has 0 saturated heterocycles. The first-order valence-corrected chi connectivity index (χ1v) is 10.7. The van der Waals surface area contributed by atoms with E-state index < -0.39 is 0 Å². The van der Waals surface area contributed by atoms with Crippen LogP contribution in [-0.2, 0) is 24.3 Å². The van der Waals surface area contributed by atoms with Gasteiger partial charge in [-0.15, -0.1) is 0 Å². The highest BCUT2D eigenvalue weighted by atomic mass is 16.5. The molecule has 4 aromatic rings. The minimum Gasteiger partial charge on any atom is -0.497 e. The van der Waals surface area contributed by atoms with Crippen LogP contribution in [0.5, 0.6) is 5.75 Å². The third kappa shape index (κ3) is 5.63. The van der Waals surface area contributed by atoms with Crippen molar-refractivity contribution in [2.45, 2.75) is 33.4 Å². The van der Waals surface area contributed by atoms with Gasteiger partial charge in [-0.2, -0.15) is 0 Å². The molecule has 0 saturated carbocycles. The smallest absolute Gasteiger partial charge is 0.227 e. The van der Waals surface area contributed by atoms with Crippen LogP contribution in [0.25, 0.3) is 11.3 Å². The molecule has 168 valence electrons. The zero-order chi connectivity index (χ0) is 23.2. The van der Waals surface area contributed by atoms with Crippen LogP contribution < -0.4 is 4.74 Å². The number of nitrogens with zero attached hydrogens (tertiary/aromatic N) is 4. The molecule has 4 rings (SSSR count). The summed E-state index contributed by atoms with van der Waals surface area (Å²) in [6, 6.07) is 19.3. The SMILES string of the molecule is COc1ccc(CC(=O)N(Cc2ccccc2)Cc2nc(C)ncc2-c2cc(C)no2)cc1. The average molecular weight is 443 g/mol. The molecule has 1 amide bonds. The topological polar surface area (TPSA) is 81.4 Å². The maximum atomic E-state index is 13.4. The lowest BCUT2D eigenvalue weighted by Crippen LogP contribution is -2.32. The van der Waals surface area contributed by atoms with Crippen molar-refractivity contribution >= 4 is 5.91 Å². The van der Waals surface area contributed by atoms with Crippen molar-refractivity contribution in [1.29, 1.82) is 0 Å². The second-order valence-corrected chi connectivity index (χ2v) is 7.87. The lowest BCUT2D eigenvalue weighted by Gasteiger charge is -2.24. The van der Waals surface area contributed by atoms with Crippen LogP contribution in [0.1, 0.15) is 28.3 Å². The predicted molar refractivity (Wildman–Crippen MR) is 124 cm³/mol. The quantitative estimate of drug-likeness (QED) is 0.399. The molecule has 33 heavy (non-hydrogen) atoms. The van der Waals surface area contributed by atoms with Crippen molar-refractivity contribution in [3.63, 3.8) is 0 Å². The number of hydrogen-bond donors (Lipinski definition) is 0. The Morgan fingerprint density at radius 3 is 2.42 bits per heavy atom. The fourth-order valence-electron chi connectivity index (χ4n) is 3.58. The number of carbonyl (C=O) groups excluding carboxylic acids is 1. The van der Waals surface area contributed by atoms with Gasteiger partial charge in [-0.05, 0) is 37.1 Å². The highest BCUT2D eigenvalue weighted by Gasteiger charge is 2.20. The zero-order valence-corrected chi connectivity index (χ0v) is 19.0. The van der Waals surface area contributed by atoms with Gasteiger partial charge in [0.2, 0.25) is 5.91 Å². The van der Waals surface area contributed by atoms with Crippen LogP contribution in [0.2, 0.25) is 0 Å². The molecule has 0 N–H and O–H groups in total. The summed E-state index contributed by atoms with van der Waals surface area (Å²) in [6.07, 6.45) is 2.00. The normalized spacial score (nSPS) is 10.8. The zero-order valence-electron chi connectivity index (χ0n) is 19.0. The highest BCUT2D eigenvalue weighted by molar-refractivity contribution is 5.79. The highest BCUT2D eigenvalue weighted by Crippen LogP contribution is 2.25. The fourth-order valence-corrected chi connectivity index (χ4v) is 3.58. The molecule has 0 aliphatic rings. The molecule has 7 heteroatoms. The van der Waals surface area contributed by atoms with Crippen LogP contribution in [-0.4, -0.2) is 33.0 Å². The number of aromatic nitrogens is 3. The van der Waals surface area contributed by atoms with Crippen molar-refractivity contribution in [3.8, 4) is 17.1 Å². The van der Waals surface area contributed by atoms with Crippen LogP contribution in [0.15, 0.2) is 71.4 Å². The molecular formula is C26H26N4O3. The molecule has 0 bridgehead atoms. The van der Waals surface area contributed by atoms with E-state index in [0.717, 1.165) is 33.8 Å². The van der Waals surface area contributed by atoms with Crippen LogP contribution in [0.4, 0.5) is 0 Å². The van der Waals surface area contributed by atoms with Gasteiger partial charge < -0.3 is 14.2 Å². The Kier molecular flexibility index (Phi) is 6.78. The maximum absolute atomic E-state index is 13.4. The first-order chi connectivity index (χ1) is 16.0. The number of hydrogen-bond acceptors (Lipinski definition) is 6. The number of ether oxygens (including phenoxy) is 1. The van der Waals surface area contributed by atoms with Gasteiger partial charge in [-0.25, -0.2) is 9.97 Å². The molecule has 0 unspecified atom stereocenters. The summed E-state index contributed by atoms with van der Waals surface area (Å²) < 4.78 is 10.7. The van der Waals surface area contributed by atoms with E-state index in [2.05, 4.69) is 15.1 Å². The van der Waals surface area contributed by atoms with Crippen molar-refractivity contribution < 1.29 is 14.1 Å². The molecule has 0 spiro atoms. The Hall–Kier alpha value is -4.00. The molecule has 0 fully saturated rings. The van der Waals surface area contributed by atoms with Crippen LogP contribution in [0, 0.1) is 13.8 Å². The molecule has 0 aliphatic carbocycles. The largest absolute Gasteiger partial charge is 0.497 e. The van der Waals surface area contributed by atoms with Crippen molar-refractivity contribution in [2.75, 3.05) is 7.11 Å². The molecule has 0 radical (unpaired) electrons. The van der Waals surface area contributed by atoms with Gasteiger partial charge >= 0.3 is 0 Å². The summed E-state index contributed by atoms with van der Waals surface area (Å²) in [5.41, 5.74) is 4.19. The first-order valence-electron chi connectivity index (χ1n) is 10.7. The van der Waals surface area contributed by atoms with Gasteiger partial charge in [-0.3, -0.25) is 4.79 Å². The van der Waals surface area contributed by atoms with Crippen LogP contribution >= 0.6 is 0 Å². The van der Waals surface area contributed by atoms with E-state index in [1.165, 1.54) is 0 Å². The van der Waals surface area contributed by atoms with E-state index in [1.807, 2.05) is 79.4 Å². The van der Waals surface area contributed by atoms with E-state index >= 15 is 0 Å². The Morgan fingerprint density at radius 2 is 1.76 bits per heavy atom. The molecule has 2 aromatic carbocycles. The van der Waals surface area contributed by atoms with Crippen molar-refractivity contribution in [1.82, 2.24) is 20.0 Å². The third-order valence-corrected chi connectivity index (χ3v) is 5.31. The number of amides is 1. The Morgan fingerprint density at radius 1 is 1.00 bits per heavy atom. The van der Waals surface area contributed by atoms with Crippen molar-refractivity contribution in [2.24, 2.45) is 0 Å². The van der Waals surface area contributed by atoms with Crippen LogP contribution in [0.3, 0.4) is 0 Å². The lowest BCUT2D eigenvalue weighted by molar-refractivity contribution is -0.131. The lowest BCUT2D eigenvalue weighted by atomic mass is 10.1. The minimum absolute atomic E-state index is 0.0000133. The van der Waals surface area contributed by atoms with Crippen molar-refractivity contribution in [3.05, 3.63) is 95.2 Å². The average Bonchev–Trinajstić information content (AvgIpc) is 3.26. The number of aryl methyl sites for hydroxylation is 2. The number of benzene rings is 2. The van der Waals surface area contributed by atoms with Gasteiger partial charge in [0, 0.05) is 18.8 Å². The fraction of sp³-hybridized carbons (Fsp3) is 0.231. The Bertz CT molecular complexity index is 1220. The molecular weight excluding hydrogens is 416 g/mol. The first kappa shape index (κ1) is 22.2. The summed E-state index contributed by atoms with van der Waals surface area (Å²) in [4.78, 5) is 24.2.